The molecule has 7 nitrogen and oxygen atoms in total. The summed E-state index contributed by atoms with van der Waals surface area (Å²) in [7, 11) is 1.57. The van der Waals surface area contributed by atoms with Gasteiger partial charge in [0.2, 0.25) is 5.91 Å². The molecule has 1 aliphatic heterocycles. The van der Waals surface area contributed by atoms with Crippen LogP contribution in [0.5, 0.6) is 5.75 Å². The number of carbonyl (C=O) groups is 3. The van der Waals surface area contributed by atoms with Crippen LogP contribution in [0.2, 0.25) is 0 Å². The van der Waals surface area contributed by atoms with E-state index in [1.54, 1.807) is 7.11 Å². The van der Waals surface area contributed by atoms with Gasteiger partial charge in [0.1, 0.15) is 17.8 Å². The van der Waals surface area contributed by atoms with Crippen molar-refractivity contribution in [3.05, 3.63) is 29.8 Å². The molecule has 2 fully saturated rings. The van der Waals surface area contributed by atoms with E-state index in [1.165, 1.54) is 0 Å². The molecule has 27 heavy (non-hydrogen) atoms. The Bertz CT molecular complexity index is 740. The molecule has 1 saturated carbocycles. The summed E-state index contributed by atoms with van der Waals surface area (Å²) in [4.78, 5) is 38.7. The average Bonchev–Trinajstić information content (AvgIpc) is 2.88. The number of hydrogen-bond donors (Lipinski definition) is 2. The minimum atomic E-state index is -0.821. The summed E-state index contributed by atoms with van der Waals surface area (Å²) in [6.45, 7) is 3.71. The molecule has 2 N–H and O–H groups in total. The number of amides is 4. The lowest BCUT2D eigenvalue weighted by Crippen LogP contribution is -2.50. The number of urea groups is 1. The number of hydrogen-bond acceptors (Lipinski definition) is 4. The molecular weight excluding hydrogens is 346 g/mol. The molecule has 3 rings (SSSR count). The smallest absolute Gasteiger partial charge is 0.325 e. The largest absolute Gasteiger partial charge is 0.496 e. The minimum absolute atomic E-state index is 0.276. The van der Waals surface area contributed by atoms with Crippen LogP contribution < -0.4 is 15.4 Å². The zero-order chi connectivity index (χ0) is 19.6. The first-order valence-corrected chi connectivity index (χ1v) is 9.42. The van der Waals surface area contributed by atoms with E-state index >= 15 is 0 Å². The topological polar surface area (TPSA) is 87.7 Å². The maximum Gasteiger partial charge on any atom is 0.325 e. The molecule has 1 spiro atoms. The predicted molar refractivity (Wildman–Crippen MR) is 100 cm³/mol. The molecule has 1 aromatic rings. The molecule has 0 radical (unpaired) electrons. The first-order chi connectivity index (χ1) is 12.9. The first kappa shape index (κ1) is 19.2. The van der Waals surface area contributed by atoms with Gasteiger partial charge in [-0.05, 0) is 44.6 Å². The van der Waals surface area contributed by atoms with Crippen molar-refractivity contribution in [3.63, 3.8) is 0 Å². The van der Waals surface area contributed by atoms with E-state index in [0.29, 0.717) is 24.5 Å². The van der Waals surface area contributed by atoms with Crippen molar-refractivity contribution in [2.75, 3.05) is 13.7 Å². The maximum absolute atomic E-state index is 12.8. The number of nitrogens with zero attached hydrogens (tertiary/aromatic N) is 1. The van der Waals surface area contributed by atoms with Crippen LogP contribution in [0.15, 0.2) is 24.3 Å². The number of carbonyl (C=O) groups excluding carboxylic acids is 3. The van der Waals surface area contributed by atoms with Crippen LogP contribution in [0.3, 0.4) is 0 Å². The van der Waals surface area contributed by atoms with E-state index in [-0.39, 0.29) is 24.4 Å². The van der Waals surface area contributed by atoms with E-state index in [1.807, 2.05) is 31.2 Å². The molecule has 0 unspecified atom stereocenters. The number of benzene rings is 1. The Morgan fingerprint density at radius 2 is 2.00 bits per heavy atom. The third kappa shape index (κ3) is 3.77. The molecular formula is C20H27N3O4. The molecule has 1 atom stereocenters. The summed E-state index contributed by atoms with van der Waals surface area (Å²) in [5.41, 5.74) is 0.0151. The van der Waals surface area contributed by atoms with Gasteiger partial charge >= 0.3 is 6.03 Å². The third-order valence-corrected chi connectivity index (χ3v) is 5.66. The van der Waals surface area contributed by atoms with Crippen LogP contribution in [-0.4, -0.2) is 41.9 Å². The normalized spacial score (nSPS) is 26.0. The van der Waals surface area contributed by atoms with Gasteiger partial charge in [-0.1, -0.05) is 25.1 Å². The lowest BCUT2D eigenvalue weighted by atomic mass is 9.77. The predicted octanol–water partition coefficient (Wildman–Crippen LogP) is 2.37. The summed E-state index contributed by atoms with van der Waals surface area (Å²) >= 11 is 0. The van der Waals surface area contributed by atoms with Crippen LogP contribution >= 0.6 is 0 Å². The van der Waals surface area contributed by atoms with Crippen molar-refractivity contribution >= 4 is 17.8 Å². The first-order valence-electron chi connectivity index (χ1n) is 9.42. The third-order valence-electron chi connectivity index (χ3n) is 5.66. The van der Waals surface area contributed by atoms with E-state index < -0.39 is 11.6 Å². The Labute approximate surface area is 159 Å². The van der Waals surface area contributed by atoms with Crippen molar-refractivity contribution in [1.82, 2.24) is 15.5 Å². The lowest BCUT2D eigenvalue weighted by Gasteiger charge is -2.33. The highest BCUT2D eigenvalue weighted by atomic mass is 16.5. The van der Waals surface area contributed by atoms with Crippen molar-refractivity contribution < 1.29 is 19.1 Å². The molecule has 7 heteroatoms. The number of methoxy groups -OCH3 is 1. The Morgan fingerprint density at radius 3 is 2.67 bits per heavy atom. The molecule has 1 aromatic carbocycles. The summed E-state index contributed by atoms with van der Waals surface area (Å²) in [6, 6.07) is 6.63. The van der Waals surface area contributed by atoms with Crippen molar-refractivity contribution in [3.8, 4) is 5.75 Å². The van der Waals surface area contributed by atoms with Crippen molar-refractivity contribution in [2.45, 2.75) is 51.1 Å². The summed E-state index contributed by atoms with van der Waals surface area (Å²) in [6.07, 6.45) is 3.07. The van der Waals surface area contributed by atoms with Gasteiger partial charge in [-0.15, -0.1) is 0 Å². The summed E-state index contributed by atoms with van der Waals surface area (Å²) < 4.78 is 5.32. The van der Waals surface area contributed by atoms with E-state index in [9.17, 15) is 14.4 Å². The second-order valence-electron chi connectivity index (χ2n) is 7.62. The molecule has 1 aliphatic carbocycles. The summed E-state index contributed by atoms with van der Waals surface area (Å²) in [5.74, 6) is 0.576. The molecule has 0 bridgehead atoms. The van der Waals surface area contributed by atoms with Crippen molar-refractivity contribution in [1.29, 1.82) is 0 Å². The van der Waals surface area contributed by atoms with Crippen LogP contribution in [0.4, 0.5) is 4.79 Å². The van der Waals surface area contributed by atoms with Crippen LogP contribution in [0, 0.1) is 5.92 Å². The van der Waals surface area contributed by atoms with E-state index in [2.05, 4.69) is 17.6 Å². The van der Waals surface area contributed by atoms with E-state index in [0.717, 1.165) is 23.3 Å². The molecule has 2 aliphatic rings. The zero-order valence-corrected chi connectivity index (χ0v) is 16.1. The quantitative estimate of drug-likeness (QED) is 0.776. The Kier molecular flexibility index (Phi) is 5.39. The standard InChI is InChI=1S/C20H27N3O4/c1-13-8-10-20(11-9-13)18(25)23(19(26)22-20)12-17(24)21-14(2)15-6-4-5-7-16(15)27-3/h4-7,13-14H,8-12H2,1-3H3,(H,21,24)(H,22,26)/t13?,14-,20?/m0/s1. The Morgan fingerprint density at radius 1 is 1.33 bits per heavy atom. The second kappa shape index (κ2) is 7.58. The number of ether oxygens (including phenoxy) is 1. The highest BCUT2D eigenvalue weighted by Crippen LogP contribution is 2.36. The van der Waals surface area contributed by atoms with Gasteiger partial charge in [0.25, 0.3) is 5.91 Å². The number of imide groups is 1. The Balaban J connectivity index is 1.64. The van der Waals surface area contributed by atoms with Gasteiger partial charge in [0, 0.05) is 5.56 Å². The van der Waals surface area contributed by atoms with Crippen LogP contribution in [0.25, 0.3) is 0 Å². The SMILES string of the molecule is COc1ccccc1[C@H](C)NC(=O)CN1C(=O)NC2(CCC(C)CC2)C1=O. The molecule has 1 saturated heterocycles. The van der Waals surface area contributed by atoms with Gasteiger partial charge < -0.3 is 15.4 Å². The number of nitrogens with one attached hydrogen (secondary N) is 2. The van der Waals surface area contributed by atoms with E-state index in [4.69, 9.17) is 4.74 Å². The van der Waals surface area contributed by atoms with Gasteiger partial charge in [-0.3, -0.25) is 14.5 Å². The van der Waals surface area contributed by atoms with Crippen LogP contribution in [0.1, 0.15) is 51.1 Å². The van der Waals surface area contributed by atoms with Crippen LogP contribution in [-0.2, 0) is 9.59 Å². The van der Waals surface area contributed by atoms with Gasteiger partial charge in [0.05, 0.1) is 13.2 Å². The Hall–Kier alpha value is -2.57. The van der Waals surface area contributed by atoms with Crippen molar-refractivity contribution in [2.24, 2.45) is 5.92 Å². The van der Waals surface area contributed by atoms with Gasteiger partial charge in [0.15, 0.2) is 0 Å². The van der Waals surface area contributed by atoms with Gasteiger partial charge in [-0.2, -0.15) is 0 Å². The fourth-order valence-electron chi connectivity index (χ4n) is 3.95. The molecule has 0 aromatic heterocycles. The number of para-hydroxylation sites is 1. The maximum atomic E-state index is 12.8. The highest BCUT2D eigenvalue weighted by Gasteiger charge is 2.52. The molecule has 146 valence electrons. The summed E-state index contributed by atoms with van der Waals surface area (Å²) in [5, 5.41) is 5.68. The van der Waals surface area contributed by atoms with Gasteiger partial charge in [-0.25, -0.2) is 4.79 Å². The minimum Gasteiger partial charge on any atom is -0.496 e. The molecule has 4 amide bonds. The fraction of sp³-hybridized carbons (Fsp3) is 0.550. The zero-order valence-electron chi connectivity index (χ0n) is 16.1. The second-order valence-corrected chi connectivity index (χ2v) is 7.62. The number of rotatable bonds is 5. The monoisotopic (exact) mass is 373 g/mol. The average molecular weight is 373 g/mol. The fourth-order valence-corrected chi connectivity index (χ4v) is 3.95. The molecule has 1 heterocycles. The highest BCUT2D eigenvalue weighted by molar-refractivity contribution is 6.09. The lowest BCUT2D eigenvalue weighted by molar-refractivity contribution is -0.136.